The number of ether oxygens (including phenoxy) is 1. The van der Waals surface area contributed by atoms with Crippen molar-refractivity contribution in [1.29, 1.82) is 0 Å². The minimum Gasteiger partial charge on any atom is -0.379 e. The normalized spacial score (nSPS) is 12.7. The molecule has 0 aliphatic carbocycles. The highest BCUT2D eigenvalue weighted by Gasteiger charge is 2.10. The molecule has 0 saturated carbocycles. The molecule has 0 radical (unpaired) electrons. The van der Waals surface area contributed by atoms with Crippen molar-refractivity contribution in [3.05, 3.63) is 29.8 Å². The average Bonchev–Trinajstić information content (AvgIpc) is 2.26. The molecule has 1 unspecified atom stereocenters. The van der Waals surface area contributed by atoms with E-state index in [9.17, 15) is 4.39 Å². The fourth-order valence-electron chi connectivity index (χ4n) is 1.26. The van der Waals surface area contributed by atoms with Crippen LogP contribution in [0.4, 0.5) is 4.39 Å². The van der Waals surface area contributed by atoms with Crippen molar-refractivity contribution in [3.63, 3.8) is 0 Å². The molecule has 1 aromatic rings. The van der Waals surface area contributed by atoms with Crippen LogP contribution in [0.2, 0.25) is 0 Å². The second-order valence-corrected chi connectivity index (χ2v) is 3.32. The van der Waals surface area contributed by atoms with Crippen molar-refractivity contribution >= 4 is 0 Å². The first-order valence-corrected chi connectivity index (χ1v) is 5.14. The Bertz CT molecular complexity index is 276. The smallest absolute Gasteiger partial charge is 0.141 e. The van der Waals surface area contributed by atoms with Gasteiger partial charge in [0.2, 0.25) is 0 Å². The van der Waals surface area contributed by atoms with Crippen LogP contribution >= 0.6 is 0 Å². The van der Waals surface area contributed by atoms with Gasteiger partial charge < -0.3 is 10.1 Å². The van der Waals surface area contributed by atoms with E-state index in [4.69, 9.17) is 4.74 Å². The quantitative estimate of drug-likeness (QED) is 0.731. The fourth-order valence-corrected chi connectivity index (χ4v) is 1.26. The second kappa shape index (κ2) is 6.48. The molecular formula is C11H17FN2O. The number of nitrogens with one attached hydrogen (secondary N) is 1. The van der Waals surface area contributed by atoms with Gasteiger partial charge in [-0.2, -0.15) is 0 Å². The summed E-state index contributed by atoms with van der Waals surface area (Å²) < 4.78 is 18.1. The molecule has 0 aliphatic rings. The summed E-state index contributed by atoms with van der Waals surface area (Å²) in [6.45, 7) is 3.35. The minimum atomic E-state index is -0.317. The number of hydrogen-bond donors (Lipinski definition) is 1. The van der Waals surface area contributed by atoms with E-state index in [0.29, 0.717) is 6.61 Å². The number of aromatic nitrogens is 1. The zero-order chi connectivity index (χ0) is 11.1. The van der Waals surface area contributed by atoms with Crippen molar-refractivity contribution in [2.24, 2.45) is 0 Å². The molecule has 0 aromatic carbocycles. The third kappa shape index (κ3) is 3.93. The van der Waals surface area contributed by atoms with E-state index in [1.807, 2.05) is 7.05 Å². The zero-order valence-electron chi connectivity index (χ0n) is 9.16. The molecule has 0 fully saturated rings. The maximum Gasteiger partial charge on any atom is 0.141 e. The van der Waals surface area contributed by atoms with Gasteiger partial charge in [-0.3, -0.25) is 4.98 Å². The molecule has 1 atom stereocenters. The van der Waals surface area contributed by atoms with Crippen LogP contribution in [0.1, 0.15) is 25.1 Å². The molecule has 15 heavy (non-hydrogen) atoms. The Morgan fingerprint density at radius 3 is 2.87 bits per heavy atom. The third-order valence-electron chi connectivity index (χ3n) is 2.09. The Balaban J connectivity index is 2.53. The Kier molecular flexibility index (Phi) is 5.21. The van der Waals surface area contributed by atoms with Crippen molar-refractivity contribution < 1.29 is 9.13 Å². The minimum absolute atomic E-state index is 0.0251. The number of rotatable bonds is 6. The van der Waals surface area contributed by atoms with Crippen LogP contribution in [0.3, 0.4) is 0 Å². The highest BCUT2D eigenvalue weighted by molar-refractivity contribution is 5.09. The summed E-state index contributed by atoms with van der Waals surface area (Å²) >= 11 is 0. The largest absolute Gasteiger partial charge is 0.379 e. The topological polar surface area (TPSA) is 34.1 Å². The van der Waals surface area contributed by atoms with Gasteiger partial charge in [-0.05, 0) is 25.6 Å². The van der Waals surface area contributed by atoms with Crippen molar-refractivity contribution in [1.82, 2.24) is 10.3 Å². The summed E-state index contributed by atoms with van der Waals surface area (Å²) in [6.07, 6.45) is 2.22. The summed E-state index contributed by atoms with van der Waals surface area (Å²) in [7, 11) is 1.84. The maximum absolute atomic E-state index is 12.6. The summed E-state index contributed by atoms with van der Waals surface area (Å²) in [6, 6.07) is 3.11. The first-order valence-electron chi connectivity index (χ1n) is 5.14. The van der Waals surface area contributed by atoms with E-state index >= 15 is 0 Å². The molecule has 1 aromatic heterocycles. The van der Waals surface area contributed by atoms with Crippen LogP contribution in [0.15, 0.2) is 18.3 Å². The van der Waals surface area contributed by atoms with Crippen molar-refractivity contribution in [2.75, 3.05) is 20.3 Å². The van der Waals surface area contributed by atoms with E-state index in [1.165, 1.54) is 12.3 Å². The Labute approximate surface area is 89.7 Å². The summed E-state index contributed by atoms with van der Waals surface area (Å²) in [5.74, 6) is -0.317. The van der Waals surface area contributed by atoms with Gasteiger partial charge in [-0.1, -0.05) is 6.92 Å². The zero-order valence-corrected chi connectivity index (χ0v) is 9.16. The van der Waals surface area contributed by atoms with Gasteiger partial charge in [0.15, 0.2) is 0 Å². The molecule has 1 heterocycles. The molecule has 0 bridgehead atoms. The van der Waals surface area contributed by atoms with E-state index in [2.05, 4.69) is 17.2 Å². The van der Waals surface area contributed by atoms with E-state index in [1.54, 1.807) is 6.07 Å². The lowest BCUT2D eigenvalue weighted by Crippen LogP contribution is -2.23. The lowest BCUT2D eigenvalue weighted by Gasteiger charge is -2.15. The standard InChI is InChI=1S/C11H17FN2O/c1-3-6-15-8-11(13-2)10-5-4-9(12)7-14-10/h4-5,7,11,13H,3,6,8H2,1-2H3. The highest BCUT2D eigenvalue weighted by atomic mass is 19.1. The molecule has 4 heteroatoms. The number of pyridine rings is 1. The first kappa shape index (κ1) is 12.1. The van der Waals surface area contributed by atoms with Crippen LogP contribution in [-0.2, 0) is 4.74 Å². The molecule has 0 amide bonds. The van der Waals surface area contributed by atoms with Crippen molar-refractivity contribution in [2.45, 2.75) is 19.4 Å². The van der Waals surface area contributed by atoms with Gasteiger partial charge in [-0.15, -0.1) is 0 Å². The molecule has 0 aliphatic heterocycles. The second-order valence-electron chi connectivity index (χ2n) is 3.32. The highest BCUT2D eigenvalue weighted by Crippen LogP contribution is 2.10. The van der Waals surface area contributed by atoms with Crippen LogP contribution in [0, 0.1) is 5.82 Å². The molecular weight excluding hydrogens is 195 g/mol. The SMILES string of the molecule is CCCOCC(NC)c1ccc(F)cn1. The van der Waals surface area contributed by atoms with Gasteiger partial charge in [0.25, 0.3) is 0 Å². The van der Waals surface area contributed by atoms with Gasteiger partial charge in [-0.25, -0.2) is 4.39 Å². The Morgan fingerprint density at radius 1 is 1.53 bits per heavy atom. The molecule has 0 spiro atoms. The Hall–Kier alpha value is -1.00. The third-order valence-corrected chi connectivity index (χ3v) is 2.09. The van der Waals surface area contributed by atoms with E-state index in [-0.39, 0.29) is 11.9 Å². The molecule has 1 rings (SSSR count). The first-order chi connectivity index (χ1) is 7.27. The molecule has 84 valence electrons. The number of hydrogen-bond acceptors (Lipinski definition) is 3. The number of halogens is 1. The summed E-state index contributed by atoms with van der Waals surface area (Å²) in [4.78, 5) is 4.01. The predicted molar refractivity (Wildman–Crippen MR) is 57.1 cm³/mol. The van der Waals surface area contributed by atoms with Crippen LogP contribution in [0.25, 0.3) is 0 Å². The van der Waals surface area contributed by atoms with Crippen molar-refractivity contribution in [3.8, 4) is 0 Å². The number of nitrogens with zero attached hydrogens (tertiary/aromatic N) is 1. The van der Waals surface area contributed by atoms with Crippen LogP contribution in [-0.4, -0.2) is 25.2 Å². The lowest BCUT2D eigenvalue weighted by molar-refractivity contribution is 0.113. The monoisotopic (exact) mass is 212 g/mol. The summed E-state index contributed by atoms with van der Waals surface area (Å²) in [5, 5.41) is 3.09. The van der Waals surface area contributed by atoms with Gasteiger partial charge in [0.1, 0.15) is 5.82 Å². The maximum atomic E-state index is 12.6. The molecule has 3 nitrogen and oxygen atoms in total. The lowest BCUT2D eigenvalue weighted by atomic mass is 10.2. The fraction of sp³-hybridized carbons (Fsp3) is 0.545. The van der Waals surface area contributed by atoms with Crippen LogP contribution in [0.5, 0.6) is 0 Å². The number of likely N-dealkylation sites (N-methyl/N-ethyl adjacent to an activating group) is 1. The van der Waals surface area contributed by atoms with Crippen LogP contribution < -0.4 is 5.32 Å². The van der Waals surface area contributed by atoms with Gasteiger partial charge in [0.05, 0.1) is 24.5 Å². The van der Waals surface area contributed by atoms with E-state index in [0.717, 1.165) is 18.7 Å². The van der Waals surface area contributed by atoms with E-state index < -0.39 is 0 Å². The molecule has 1 N–H and O–H groups in total. The summed E-state index contributed by atoms with van der Waals surface area (Å²) in [5.41, 5.74) is 0.801. The van der Waals surface area contributed by atoms with Gasteiger partial charge in [0, 0.05) is 6.61 Å². The van der Waals surface area contributed by atoms with Gasteiger partial charge >= 0.3 is 0 Å². The average molecular weight is 212 g/mol. The predicted octanol–water partition coefficient (Wildman–Crippen LogP) is 1.91. The Morgan fingerprint density at radius 2 is 2.33 bits per heavy atom. The molecule has 0 saturated heterocycles.